The van der Waals surface area contributed by atoms with Gasteiger partial charge in [0.15, 0.2) is 0 Å². The first-order valence-electron chi connectivity index (χ1n) is 8.06. The number of carbonyl (C=O) groups is 1. The van der Waals surface area contributed by atoms with Gasteiger partial charge >= 0.3 is 5.97 Å². The highest BCUT2D eigenvalue weighted by Crippen LogP contribution is 2.39. The third kappa shape index (κ3) is 2.95. The molecular weight excluding hydrogens is 304 g/mol. The number of carboxylic acid groups (broad SMARTS) is 1. The van der Waals surface area contributed by atoms with Crippen LogP contribution in [0.2, 0.25) is 0 Å². The van der Waals surface area contributed by atoms with Gasteiger partial charge in [-0.05, 0) is 24.5 Å². The largest absolute Gasteiger partial charge is 0.480 e. The number of H-pyrrole nitrogens is 1. The number of hydrogen-bond acceptors (Lipinski definition) is 4. The smallest absolute Gasteiger partial charge is 0.323 e. The second-order valence-electron chi connectivity index (χ2n) is 6.16. The SMILES string of the molecule is O=C(O)CN(Cc1ccccc1)c1nc(C2CC2)nc2[nH]ccc12. The standard InChI is InChI=1S/C18H18N4O2/c23-15(24)11-22(10-12-4-2-1-3-5-12)18-14-8-9-19-17(14)20-16(21-18)13-6-7-13/h1-5,8-9,13H,6-7,10-11H2,(H,23,24)(H,19,20,21). The van der Waals surface area contributed by atoms with Crippen LogP contribution in [0.5, 0.6) is 0 Å². The number of nitrogens with one attached hydrogen (secondary N) is 1. The van der Waals surface area contributed by atoms with Gasteiger partial charge < -0.3 is 15.0 Å². The lowest BCUT2D eigenvalue weighted by Crippen LogP contribution is -2.30. The monoisotopic (exact) mass is 322 g/mol. The average molecular weight is 322 g/mol. The van der Waals surface area contributed by atoms with Crippen molar-refractivity contribution >= 4 is 22.8 Å². The molecule has 1 aliphatic rings. The van der Waals surface area contributed by atoms with Crippen LogP contribution in [0.25, 0.3) is 11.0 Å². The van der Waals surface area contributed by atoms with Crippen LogP contribution in [0.15, 0.2) is 42.6 Å². The zero-order chi connectivity index (χ0) is 16.5. The summed E-state index contributed by atoms with van der Waals surface area (Å²) < 4.78 is 0. The van der Waals surface area contributed by atoms with Crippen molar-refractivity contribution in [3.63, 3.8) is 0 Å². The highest BCUT2D eigenvalue weighted by atomic mass is 16.4. The number of benzene rings is 1. The highest BCUT2D eigenvalue weighted by molar-refractivity contribution is 5.89. The Morgan fingerprint density at radius 1 is 1.21 bits per heavy atom. The molecule has 3 aromatic rings. The second kappa shape index (κ2) is 5.96. The third-order valence-electron chi connectivity index (χ3n) is 4.20. The molecule has 1 aliphatic carbocycles. The summed E-state index contributed by atoms with van der Waals surface area (Å²) in [4.78, 5) is 25.6. The molecule has 6 heteroatoms. The van der Waals surface area contributed by atoms with Crippen LogP contribution in [0.4, 0.5) is 5.82 Å². The number of nitrogens with zero attached hydrogens (tertiary/aromatic N) is 3. The van der Waals surface area contributed by atoms with E-state index in [4.69, 9.17) is 4.98 Å². The van der Waals surface area contributed by atoms with Crippen LogP contribution < -0.4 is 4.90 Å². The van der Waals surface area contributed by atoms with Gasteiger partial charge in [-0.2, -0.15) is 0 Å². The Hall–Kier alpha value is -2.89. The summed E-state index contributed by atoms with van der Waals surface area (Å²) >= 11 is 0. The minimum absolute atomic E-state index is 0.101. The van der Waals surface area contributed by atoms with E-state index >= 15 is 0 Å². The maximum atomic E-state index is 11.4. The van der Waals surface area contributed by atoms with Gasteiger partial charge in [-0.3, -0.25) is 4.79 Å². The molecule has 0 amide bonds. The van der Waals surface area contributed by atoms with Crippen LogP contribution in [0.1, 0.15) is 30.1 Å². The van der Waals surface area contributed by atoms with Crippen LogP contribution in [-0.2, 0) is 11.3 Å². The lowest BCUT2D eigenvalue weighted by atomic mass is 10.2. The number of carboxylic acids is 1. The summed E-state index contributed by atoms with van der Waals surface area (Å²) in [6.07, 6.45) is 4.02. The Morgan fingerprint density at radius 2 is 2.00 bits per heavy atom. The first kappa shape index (κ1) is 14.7. The predicted molar refractivity (Wildman–Crippen MR) is 91.0 cm³/mol. The predicted octanol–water partition coefficient (Wildman–Crippen LogP) is 2.93. The first-order valence-corrected chi connectivity index (χ1v) is 8.06. The first-order chi connectivity index (χ1) is 11.7. The molecule has 24 heavy (non-hydrogen) atoms. The minimum Gasteiger partial charge on any atom is -0.480 e. The van der Waals surface area contributed by atoms with Crippen molar-refractivity contribution < 1.29 is 9.90 Å². The van der Waals surface area contributed by atoms with Gasteiger partial charge in [0.2, 0.25) is 0 Å². The molecule has 6 nitrogen and oxygen atoms in total. The van der Waals surface area contributed by atoms with Crippen molar-refractivity contribution in [2.24, 2.45) is 0 Å². The Morgan fingerprint density at radius 3 is 2.71 bits per heavy atom. The van der Waals surface area contributed by atoms with E-state index in [2.05, 4.69) is 9.97 Å². The fourth-order valence-electron chi connectivity index (χ4n) is 2.88. The fourth-order valence-corrected chi connectivity index (χ4v) is 2.88. The number of fused-ring (bicyclic) bond motifs is 1. The van der Waals surface area contributed by atoms with E-state index in [1.54, 1.807) is 4.90 Å². The zero-order valence-electron chi connectivity index (χ0n) is 13.1. The molecule has 122 valence electrons. The van der Waals surface area contributed by atoms with Gasteiger partial charge in [0.1, 0.15) is 23.8 Å². The van der Waals surface area contributed by atoms with Gasteiger partial charge in [-0.25, -0.2) is 9.97 Å². The third-order valence-corrected chi connectivity index (χ3v) is 4.20. The van der Waals surface area contributed by atoms with Crippen molar-refractivity contribution in [3.8, 4) is 0 Å². The van der Waals surface area contributed by atoms with Crippen molar-refractivity contribution in [3.05, 3.63) is 54.0 Å². The summed E-state index contributed by atoms with van der Waals surface area (Å²) in [5.74, 6) is 1.03. The number of anilines is 1. The van der Waals surface area contributed by atoms with Crippen LogP contribution in [0, 0.1) is 0 Å². The molecule has 4 rings (SSSR count). The molecule has 2 aromatic heterocycles. The van der Waals surface area contributed by atoms with Gasteiger partial charge in [-0.15, -0.1) is 0 Å². The Labute approximate surface area is 139 Å². The normalized spacial score (nSPS) is 14.0. The van der Waals surface area contributed by atoms with Crippen molar-refractivity contribution in [1.29, 1.82) is 0 Å². The summed E-state index contributed by atoms with van der Waals surface area (Å²) in [7, 11) is 0. The molecule has 2 heterocycles. The van der Waals surface area contributed by atoms with Gasteiger partial charge in [0, 0.05) is 18.7 Å². The van der Waals surface area contributed by atoms with Crippen molar-refractivity contribution in [2.75, 3.05) is 11.4 Å². The molecule has 0 aliphatic heterocycles. The summed E-state index contributed by atoms with van der Waals surface area (Å²) in [5, 5.41) is 10.2. The van der Waals surface area contributed by atoms with E-state index in [9.17, 15) is 9.90 Å². The molecular formula is C18H18N4O2. The molecule has 0 spiro atoms. The summed E-state index contributed by atoms with van der Waals surface area (Å²) in [5.41, 5.74) is 1.82. The molecule has 1 fully saturated rings. The van der Waals surface area contributed by atoms with Crippen LogP contribution >= 0.6 is 0 Å². The molecule has 0 bridgehead atoms. The highest BCUT2D eigenvalue weighted by Gasteiger charge is 2.29. The van der Waals surface area contributed by atoms with E-state index in [0.29, 0.717) is 18.3 Å². The Balaban J connectivity index is 1.77. The van der Waals surface area contributed by atoms with E-state index in [-0.39, 0.29) is 6.54 Å². The van der Waals surface area contributed by atoms with E-state index in [1.165, 1.54) is 0 Å². The quantitative estimate of drug-likeness (QED) is 0.729. The Kier molecular flexibility index (Phi) is 3.65. The molecule has 0 saturated heterocycles. The van der Waals surface area contributed by atoms with E-state index in [0.717, 1.165) is 35.3 Å². The number of aromatic amines is 1. The maximum absolute atomic E-state index is 11.4. The summed E-state index contributed by atoms with van der Waals surface area (Å²) in [6, 6.07) is 11.7. The second-order valence-corrected chi connectivity index (χ2v) is 6.16. The molecule has 0 atom stereocenters. The van der Waals surface area contributed by atoms with E-state index < -0.39 is 5.97 Å². The number of hydrogen-bond donors (Lipinski definition) is 2. The molecule has 2 N–H and O–H groups in total. The van der Waals surface area contributed by atoms with Crippen molar-refractivity contribution in [1.82, 2.24) is 15.0 Å². The fraction of sp³-hybridized carbons (Fsp3) is 0.278. The summed E-state index contributed by atoms with van der Waals surface area (Å²) in [6.45, 7) is 0.394. The number of aliphatic carboxylic acids is 1. The van der Waals surface area contributed by atoms with Crippen LogP contribution in [-0.4, -0.2) is 32.6 Å². The lowest BCUT2D eigenvalue weighted by Gasteiger charge is -2.23. The average Bonchev–Trinajstić information content (AvgIpc) is 3.32. The molecule has 1 aromatic carbocycles. The van der Waals surface area contributed by atoms with Gasteiger partial charge in [0.05, 0.1) is 5.39 Å². The minimum atomic E-state index is -0.874. The number of rotatable bonds is 6. The molecule has 1 saturated carbocycles. The zero-order valence-corrected chi connectivity index (χ0v) is 13.1. The topological polar surface area (TPSA) is 82.1 Å². The van der Waals surface area contributed by atoms with Crippen LogP contribution in [0.3, 0.4) is 0 Å². The maximum Gasteiger partial charge on any atom is 0.323 e. The van der Waals surface area contributed by atoms with Crippen molar-refractivity contribution in [2.45, 2.75) is 25.3 Å². The Bertz CT molecular complexity index is 871. The van der Waals surface area contributed by atoms with Gasteiger partial charge in [0.25, 0.3) is 0 Å². The number of aromatic nitrogens is 3. The molecule has 0 unspecified atom stereocenters. The van der Waals surface area contributed by atoms with Gasteiger partial charge in [-0.1, -0.05) is 30.3 Å². The van der Waals surface area contributed by atoms with E-state index in [1.807, 2.05) is 42.6 Å². The lowest BCUT2D eigenvalue weighted by molar-refractivity contribution is -0.135. The molecule has 0 radical (unpaired) electrons.